The maximum absolute atomic E-state index is 12.3. The lowest BCUT2D eigenvalue weighted by molar-refractivity contribution is -0.119. The van der Waals surface area contributed by atoms with E-state index in [2.05, 4.69) is 17.4 Å². The van der Waals surface area contributed by atoms with Crippen LogP contribution in [0.4, 0.5) is 0 Å². The van der Waals surface area contributed by atoms with Crippen LogP contribution >= 0.6 is 0 Å². The number of carbonyl (C=O) groups is 2. The van der Waals surface area contributed by atoms with Crippen LogP contribution in [-0.4, -0.2) is 49.0 Å². The molecule has 28 heavy (non-hydrogen) atoms. The first-order valence-corrected chi connectivity index (χ1v) is 9.69. The van der Waals surface area contributed by atoms with Gasteiger partial charge in [-0.2, -0.15) is 0 Å². The van der Waals surface area contributed by atoms with Crippen molar-refractivity contribution in [3.63, 3.8) is 0 Å². The first-order valence-electron chi connectivity index (χ1n) is 9.69. The van der Waals surface area contributed by atoms with Crippen LogP contribution in [0.5, 0.6) is 5.75 Å². The highest BCUT2D eigenvalue weighted by Crippen LogP contribution is 2.19. The lowest BCUT2D eigenvalue weighted by Gasteiger charge is -2.31. The molecule has 2 aromatic carbocycles. The van der Waals surface area contributed by atoms with Crippen LogP contribution in [0.25, 0.3) is 0 Å². The Bertz CT molecular complexity index is 769. The SMILES string of the molecule is NC(=O)CN1CCC(Oc2ccc(C(=O)NCCc3ccccc3)cc2)CC1. The van der Waals surface area contributed by atoms with Crippen molar-refractivity contribution >= 4 is 11.8 Å². The zero-order valence-corrected chi connectivity index (χ0v) is 16.0. The second kappa shape index (κ2) is 9.90. The van der Waals surface area contributed by atoms with Crippen molar-refractivity contribution < 1.29 is 14.3 Å². The summed E-state index contributed by atoms with van der Waals surface area (Å²) in [6.45, 7) is 2.51. The fourth-order valence-electron chi connectivity index (χ4n) is 3.35. The summed E-state index contributed by atoms with van der Waals surface area (Å²) in [7, 11) is 0. The largest absolute Gasteiger partial charge is 0.490 e. The summed E-state index contributed by atoms with van der Waals surface area (Å²) >= 11 is 0. The van der Waals surface area contributed by atoms with E-state index in [-0.39, 0.29) is 17.9 Å². The molecule has 0 unspecified atom stereocenters. The van der Waals surface area contributed by atoms with Gasteiger partial charge in [0.1, 0.15) is 11.9 Å². The van der Waals surface area contributed by atoms with Gasteiger partial charge >= 0.3 is 0 Å². The molecular formula is C22H27N3O3. The number of nitrogens with two attached hydrogens (primary N) is 1. The fourth-order valence-corrected chi connectivity index (χ4v) is 3.35. The van der Waals surface area contributed by atoms with E-state index >= 15 is 0 Å². The topological polar surface area (TPSA) is 84.7 Å². The molecule has 1 aliphatic heterocycles. The van der Waals surface area contributed by atoms with Gasteiger partial charge in [-0.3, -0.25) is 14.5 Å². The average Bonchev–Trinajstić information content (AvgIpc) is 2.70. The molecule has 2 amide bonds. The van der Waals surface area contributed by atoms with Gasteiger partial charge in [-0.05, 0) is 49.1 Å². The Kier molecular flexibility index (Phi) is 7.03. The maximum atomic E-state index is 12.3. The lowest BCUT2D eigenvalue weighted by atomic mass is 10.1. The van der Waals surface area contributed by atoms with Crippen LogP contribution in [0.15, 0.2) is 54.6 Å². The van der Waals surface area contributed by atoms with E-state index in [9.17, 15) is 9.59 Å². The van der Waals surface area contributed by atoms with Gasteiger partial charge in [-0.1, -0.05) is 30.3 Å². The average molecular weight is 381 g/mol. The van der Waals surface area contributed by atoms with Gasteiger partial charge in [-0.15, -0.1) is 0 Å². The third kappa shape index (κ3) is 6.09. The minimum Gasteiger partial charge on any atom is -0.490 e. The number of ether oxygens (including phenoxy) is 1. The smallest absolute Gasteiger partial charge is 0.251 e. The predicted molar refractivity (Wildman–Crippen MR) is 108 cm³/mol. The number of nitrogens with zero attached hydrogens (tertiary/aromatic N) is 1. The highest BCUT2D eigenvalue weighted by atomic mass is 16.5. The number of hydrogen-bond acceptors (Lipinski definition) is 4. The second-order valence-corrected chi connectivity index (χ2v) is 7.08. The summed E-state index contributed by atoms with van der Waals surface area (Å²) in [6.07, 6.45) is 2.64. The van der Waals surface area contributed by atoms with E-state index in [0.717, 1.165) is 38.1 Å². The summed E-state index contributed by atoms with van der Waals surface area (Å²) in [4.78, 5) is 25.3. The quantitative estimate of drug-likeness (QED) is 0.732. The fraction of sp³-hybridized carbons (Fsp3) is 0.364. The molecule has 0 atom stereocenters. The van der Waals surface area contributed by atoms with Crippen LogP contribution < -0.4 is 15.8 Å². The summed E-state index contributed by atoms with van der Waals surface area (Å²) in [5, 5.41) is 2.95. The van der Waals surface area contributed by atoms with E-state index in [0.29, 0.717) is 18.7 Å². The zero-order valence-electron chi connectivity index (χ0n) is 16.0. The molecule has 6 heteroatoms. The number of benzene rings is 2. The Labute approximate surface area is 165 Å². The molecule has 0 spiro atoms. The van der Waals surface area contributed by atoms with Crippen LogP contribution in [-0.2, 0) is 11.2 Å². The molecule has 3 N–H and O–H groups in total. The number of piperidine rings is 1. The zero-order chi connectivity index (χ0) is 19.8. The van der Waals surface area contributed by atoms with Crippen molar-refractivity contribution in [2.75, 3.05) is 26.2 Å². The van der Waals surface area contributed by atoms with Gasteiger partial charge in [0.2, 0.25) is 5.91 Å². The molecule has 0 aliphatic carbocycles. The minimum absolute atomic E-state index is 0.0813. The van der Waals surface area contributed by atoms with Crippen LogP contribution in [0, 0.1) is 0 Å². The number of amides is 2. The van der Waals surface area contributed by atoms with Crippen molar-refractivity contribution in [1.82, 2.24) is 10.2 Å². The van der Waals surface area contributed by atoms with E-state index in [4.69, 9.17) is 10.5 Å². The third-order valence-corrected chi connectivity index (χ3v) is 4.88. The summed E-state index contributed by atoms with van der Waals surface area (Å²) < 4.78 is 6.01. The molecule has 6 nitrogen and oxygen atoms in total. The highest BCUT2D eigenvalue weighted by molar-refractivity contribution is 5.94. The highest BCUT2D eigenvalue weighted by Gasteiger charge is 2.21. The van der Waals surface area contributed by atoms with Gasteiger partial charge in [0.15, 0.2) is 0 Å². The number of rotatable bonds is 8. The van der Waals surface area contributed by atoms with Gasteiger partial charge in [-0.25, -0.2) is 0 Å². The molecule has 1 heterocycles. The predicted octanol–water partition coefficient (Wildman–Crippen LogP) is 1.99. The van der Waals surface area contributed by atoms with Crippen LogP contribution in [0.3, 0.4) is 0 Å². The number of primary amides is 1. The number of hydrogen-bond donors (Lipinski definition) is 2. The Morgan fingerprint density at radius 2 is 1.71 bits per heavy atom. The molecule has 1 saturated heterocycles. The molecule has 2 aromatic rings. The molecule has 0 radical (unpaired) electrons. The number of carbonyl (C=O) groups excluding carboxylic acids is 2. The van der Waals surface area contributed by atoms with Crippen molar-refractivity contribution in [1.29, 1.82) is 0 Å². The van der Waals surface area contributed by atoms with Gasteiger partial charge in [0.25, 0.3) is 5.91 Å². The normalized spacial score (nSPS) is 15.1. The van der Waals surface area contributed by atoms with E-state index in [1.165, 1.54) is 5.56 Å². The monoisotopic (exact) mass is 381 g/mol. The van der Waals surface area contributed by atoms with Crippen molar-refractivity contribution in [2.45, 2.75) is 25.4 Å². The van der Waals surface area contributed by atoms with Crippen LogP contribution in [0.2, 0.25) is 0 Å². The molecule has 148 valence electrons. The number of nitrogens with one attached hydrogen (secondary N) is 1. The summed E-state index contributed by atoms with van der Waals surface area (Å²) in [5.74, 6) is 0.383. The standard InChI is InChI=1S/C22H27N3O3/c23-21(26)16-25-14-11-20(12-15-25)28-19-8-6-18(7-9-19)22(27)24-13-10-17-4-2-1-3-5-17/h1-9,20H,10-16H2,(H2,23,26)(H,24,27). The molecule has 0 aromatic heterocycles. The van der Waals surface area contributed by atoms with Crippen LogP contribution in [0.1, 0.15) is 28.8 Å². The second-order valence-electron chi connectivity index (χ2n) is 7.08. The van der Waals surface area contributed by atoms with Gasteiger partial charge in [0.05, 0.1) is 6.54 Å². The number of likely N-dealkylation sites (tertiary alicyclic amines) is 1. The first kappa shape index (κ1) is 19.9. The minimum atomic E-state index is -0.294. The molecule has 1 fully saturated rings. The maximum Gasteiger partial charge on any atom is 0.251 e. The molecule has 3 rings (SSSR count). The van der Waals surface area contributed by atoms with Crippen molar-refractivity contribution in [2.24, 2.45) is 5.73 Å². The molecule has 0 bridgehead atoms. The Balaban J connectivity index is 1.42. The Morgan fingerprint density at radius 1 is 1.04 bits per heavy atom. The molecule has 1 aliphatic rings. The molecule has 0 saturated carbocycles. The van der Waals surface area contributed by atoms with E-state index in [1.54, 1.807) is 12.1 Å². The van der Waals surface area contributed by atoms with Crippen molar-refractivity contribution in [3.8, 4) is 5.75 Å². The Hall–Kier alpha value is -2.86. The van der Waals surface area contributed by atoms with E-state index < -0.39 is 0 Å². The van der Waals surface area contributed by atoms with Gasteiger partial charge < -0.3 is 15.8 Å². The van der Waals surface area contributed by atoms with Gasteiger partial charge in [0, 0.05) is 25.2 Å². The Morgan fingerprint density at radius 3 is 2.36 bits per heavy atom. The first-order chi connectivity index (χ1) is 13.6. The van der Waals surface area contributed by atoms with Crippen molar-refractivity contribution in [3.05, 3.63) is 65.7 Å². The third-order valence-electron chi connectivity index (χ3n) is 4.88. The summed E-state index contributed by atoms with van der Waals surface area (Å²) in [6, 6.07) is 17.3. The lowest BCUT2D eigenvalue weighted by Crippen LogP contribution is -2.42. The van der Waals surface area contributed by atoms with E-state index in [1.807, 2.05) is 35.2 Å². The molecular weight excluding hydrogens is 354 g/mol. The summed E-state index contributed by atoms with van der Waals surface area (Å²) in [5.41, 5.74) is 7.06.